The van der Waals surface area contributed by atoms with Crippen LogP contribution in [-0.2, 0) is 0 Å². The Morgan fingerprint density at radius 2 is 1.59 bits per heavy atom. The Balaban J connectivity index is 4.31. The summed E-state index contributed by atoms with van der Waals surface area (Å²) in [7, 11) is 2.43. The lowest BCUT2D eigenvalue weighted by molar-refractivity contribution is 0.339. The van der Waals surface area contributed by atoms with Gasteiger partial charge in [-0.25, -0.2) is 0 Å². The SMILES string of the molecule is CC[B]C(CCC(C)(C)N)C(C)CC(C)(C)N. The number of hydrogen-bond acceptors (Lipinski definition) is 2. The average Bonchev–Trinajstić information content (AvgIpc) is 2.07. The molecule has 2 nitrogen and oxygen atoms in total. The number of rotatable bonds is 8. The number of nitrogens with two attached hydrogens (primary N) is 2. The zero-order valence-electron chi connectivity index (χ0n) is 12.7. The first kappa shape index (κ1) is 17.0. The molecule has 3 heteroatoms. The van der Waals surface area contributed by atoms with Crippen LogP contribution in [0.1, 0.15) is 60.8 Å². The lowest BCUT2D eigenvalue weighted by Crippen LogP contribution is -2.36. The van der Waals surface area contributed by atoms with E-state index in [2.05, 4.69) is 48.8 Å². The predicted molar refractivity (Wildman–Crippen MR) is 79.5 cm³/mol. The first-order chi connectivity index (χ1) is 7.55. The van der Waals surface area contributed by atoms with Crippen molar-refractivity contribution in [1.29, 1.82) is 0 Å². The van der Waals surface area contributed by atoms with Gasteiger partial charge in [-0.1, -0.05) is 32.4 Å². The zero-order chi connectivity index (χ0) is 13.7. The fourth-order valence-electron chi connectivity index (χ4n) is 2.46. The van der Waals surface area contributed by atoms with Gasteiger partial charge < -0.3 is 11.5 Å². The molecule has 2 unspecified atom stereocenters. The maximum Gasteiger partial charge on any atom is 0.113 e. The molecule has 0 aliphatic heterocycles. The van der Waals surface area contributed by atoms with Crippen LogP contribution in [0.2, 0.25) is 12.1 Å². The third-order valence-corrected chi connectivity index (χ3v) is 3.24. The molecule has 0 aromatic rings. The molecule has 0 aromatic carbocycles. The van der Waals surface area contributed by atoms with Gasteiger partial charge in [0.05, 0.1) is 0 Å². The van der Waals surface area contributed by atoms with Gasteiger partial charge in [0.1, 0.15) is 7.28 Å². The predicted octanol–water partition coefficient (Wildman–Crippen LogP) is 3.20. The van der Waals surface area contributed by atoms with Crippen LogP contribution in [0, 0.1) is 5.92 Å². The van der Waals surface area contributed by atoms with Crippen molar-refractivity contribution in [2.75, 3.05) is 0 Å². The summed E-state index contributed by atoms with van der Waals surface area (Å²) < 4.78 is 0. The van der Waals surface area contributed by atoms with Crippen LogP contribution in [0.3, 0.4) is 0 Å². The maximum atomic E-state index is 6.11. The first-order valence-electron chi connectivity index (χ1n) is 6.96. The first-order valence-corrected chi connectivity index (χ1v) is 6.96. The van der Waals surface area contributed by atoms with Gasteiger partial charge in [0, 0.05) is 11.1 Å². The van der Waals surface area contributed by atoms with Crippen molar-refractivity contribution in [3.63, 3.8) is 0 Å². The van der Waals surface area contributed by atoms with Gasteiger partial charge >= 0.3 is 0 Å². The quantitative estimate of drug-likeness (QED) is 0.639. The minimum Gasteiger partial charge on any atom is -0.326 e. The molecule has 0 saturated carbocycles. The molecule has 0 aromatic heterocycles. The van der Waals surface area contributed by atoms with E-state index in [-0.39, 0.29) is 11.1 Å². The monoisotopic (exact) mass is 239 g/mol. The van der Waals surface area contributed by atoms with E-state index in [1.807, 2.05) is 0 Å². The molecule has 0 bridgehead atoms. The van der Waals surface area contributed by atoms with Crippen molar-refractivity contribution in [3.8, 4) is 0 Å². The summed E-state index contributed by atoms with van der Waals surface area (Å²) in [5, 5.41) is 0. The van der Waals surface area contributed by atoms with E-state index in [0.717, 1.165) is 19.2 Å². The van der Waals surface area contributed by atoms with Crippen LogP contribution in [0.4, 0.5) is 0 Å². The van der Waals surface area contributed by atoms with Crippen LogP contribution in [0.15, 0.2) is 0 Å². The Labute approximate surface area is 109 Å². The standard InChI is InChI=1S/C14H32BN2/c1-7-15-12(8-9-13(3,4)16)11(2)10-14(5,6)17/h11-12H,7-10,16-17H2,1-6H3. The normalized spacial score (nSPS) is 16.7. The Hall–Kier alpha value is -0.0151. The minimum absolute atomic E-state index is 0.0578. The molecule has 0 aliphatic carbocycles. The summed E-state index contributed by atoms with van der Waals surface area (Å²) in [6, 6.07) is 0. The third kappa shape index (κ3) is 9.67. The molecule has 0 saturated heterocycles. The number of hydrogen-bond donors (Lipinski definition) is 2. The summed E-state index contributed by atoms with van der Waals surface area (Å²) in [6.45, 7) is 13.0. The molecule has 0 amide bonds. The van der Waals surface area contributed by atoms with Crippen LogP contribution in [-0.4, -0.2) is 18.4 Å². The largest absolute Gasteiger partial charge is 0.326 e. The van der Waals surface area contributed by atoms with Gasteiger partial charge in [0.25, 0.3) is 0 Å². The molecular formula is C14H32BN2. The summed E-state index contributed by atoms with van der Waals surface area (Å²) >= 11 is 0. The second-order valence-corrected chi connectivity index (χ2v) is 7.01. The van der Waals surface area contributed by atoms with E-state index in [0.29, 0.717) is 11.7 Å². The van der Waals surface area contributed by atoms with Gasteiger partial charge in [-0.3, -0.25) is 0 Å². The van der Waals surface area contributed by atoms with Crippen LogP contribution >= 0.6 is 0 Å². The molecule has 101 valence electrons. The maximum absolute atomic E-state index is 6.11. The van der Waals surface area contributed by atoms with Crippen molar-refractivity contribution in [2.45, 2.75) is 84.0 Å². The Morgan fingerprint density at radius 1 is 1.06 bits per heavy atom. The highest BCUT2D eigenvalue weighted by Gasteiger charge is 2.24. The van der Waals surface area contributed by atoms with Crippen molar-refractivity contribution in [2.24, 2.45) is 17.4 Å². The fourth-order valence-corrected chi connectivity index (χ4v) is 2.46. The van der Waals surface area contributed by atoms with Gasteiger partial charge in [-0.05, 0) is 46.5 Å². The molecule has 17 heavy (non-hydrogen) atoms. The smallest absolute Gasteiger partial charge is 0.113 e. The summed E-state index contributed by atoms with van der Waals surface area (Å²) in [5.74, 6) is 1.28. The highest BCUT2D eigenvalue weighted by atomic mass is 14.7. The Bertz CT molecular complexity index is 203. The topological polar surface area (TPSA) is 52.0 Å². The van der Waals surface area contributed by atoms with E-state index < -0.39 is 0 Å². The molecule has 0 heterocycles. The van der Waals surface area contributed by atoms with E-state index in [4.69, 9.17) is 11.5 Å². The van der Waals surface area contributed by atoms with E-state index >= 15 is 0 Å². The zero-order valence-corrected chi connectivity index (χ0v) is 12.7. The van der Waals surface area contributed by atoms with Gasteiger partial charge in [-0.15, -0.1) is 0 Å². The molecule has 1 radical (unpaired) electrons. The fraction of sp³-hybridized carbons (Fsp3) is 1.00. The van der Waals surface area contributed by atoms with Crippen molar-refractivity contribution in [1.82, 2.24) is 0 Å². The minimum atomic E-state index is -0.0719. The van der Waals surface area contributed by atoms with E-state index in [9.17, 15) is 0 Å². The van der Waals surface area contributed by atoms with E-state index in [1.54, 1.807) is 0 Å². The van der Waals surface area contributed by atoms with Crippen molar-refractivity contribution >= 4 is 7.28 Å². The second kappa shape index (κ2) is 6.79. The Kier molecular flexibility index (Phi) is 6.79. The van der Waals surface area contributed by atoms with Crippen molar-refractivity contribution in [3.05, 3.63) is 0 Å². The summed E-state index contributed by atoms with van der Waals surface area (Å²) in [6.07, 6.45) is 4.45. The second-order valence-electron chi connectivity index (χ2n) is 7.01. The molecule has 0 rings (SSSR count). The highest BCUT2D eigenvalue weighted by Crippen LogP contribution is 2.31. The summed E-state index contributed by atoms with van der Waals surface area (Å²) in [4.78, 5) is 0. The highest BCUT2D eigenvalue weighted by molar-refractivity contribution is 6.37. The third-order valence-electron chi connectivity index (χ3n) is 3.24. The van der Waals surface area contributed by atoms with Crippen LogP contribution in [0.25, 0.3) is 0 Å². The van der Waals surface area contributed by atoms with Gasteiger partial charge in [0.15, 0.2) is 0 Å². The van der Waals surface area contributed by atoms with Gasteiger partial charge in [0.2, 0.25) is 0 Å². The molecular weight excluding hydrogens is 207 g/mol. The summed E-state index contributed by atoms with van der Waals surface area (Å²) in [5.41, 5.74) is 12.1. The van der Waals surface area contributed by atoms with Crippen LogP contribution < -0.4 is 11.5 Å². The molecule has 0 fully saturated rings. The molecule has 0 aliphatic rings. The van der Waals surface area contributed by atoms with E-state index in [1.165, 1.54) is 6.42 Å². The lowest BCUT2D eigenvalue weighted by atomic mass is 9.54. The molecule has 2 atom stereocenters. The van der Waals surface area contributed by atoms with Crippen molar-refractivity contribution < 1.29 is 0 Å². The van der Waals surface area contributed by atoms with Gasteiger partial charge in [-0.2, -0.15) is 0 Å². The Morgan fingerprint density at radius 3 is 1.94 bits per heavy atom. The lowest BCUT2D eigenvalue weighted by Gasteiger charge is -2.31. The average molecular weight is 239 g/mol. The van der Waals surface area contributed by atoms with Crippen LogP contribution in [0.5, 0.6) is 0 Å². The molecule has 4 N–H and O–H groups in total. The molecule has 0 spiro atoms.